The molecule has 4 nitrogen and oxygen atoms in total. The zero-order valence-electron chi connectivity index (χ0n) is 14.0. The van der Waals surface area contributed by atoms with E-state index in [0.29, 0.717) is 6.54 Å². The van der Waals surface area contributed by atoms with Crippen molar-refractivity contribution < 1.29 is 4.39 Å². The second-order valence-corrected chi connectivity index (χ2v) is 5.79. The number of rotatable bonds is 5. The Labute approximate surface area is 141 Å². The Morgan fingerprint density at radius 1 is 1.12 bits per heavy atom. The fourth-order valence-electron chi connectivity index (χ4n) is 2.92. The average Bonchev–Trinajstić information content (AvgIpc) is 2.94. The van der Waals surface area contributed by atoms with Crippen LogP contribution in [0.4, 0.5) is 4.39 Å². The number of pyridine rings is 1. The molecular weight excluding hydrogens is 303 g/mol. The maximum absolute atomic E-state index is 13.3. The van der Waals surface area contributed by atoms with E-state index in [0.717, 1.165) is 46.7 Å². The minimum atomic E-state index is -0.257. The molecule has 0 spiro atoms. The van der Waals surface area contributed by atoms with Crippen LogP contribution in [0.5, 0.6) is 0 Å². The predicted octanol–water partition coefficient (Wildman–Crippen LogP) is 3.93. The molecule has 0 amide bonds. The molecule has 0 aliphatic heterocycles. The molecule has 0 saturated carbocycles. The minimum Gasteiger partial charge on any atom is -0.325 e. The van der Waals surface area contributed by atoms with Crippen molar-refractivity contribution in [1.29, 1.82) is 0 Å². The van der Waals surface area contributed by atoms with E-state index in [1.807, 2.05) is 23.7 Å². The van der Waals surface area contributed by atoms with E-state index in [9.17, 15) is 4.39 Å². The monoisotopic (exact) mass is 324 g/mol. The number of aryl methyl sites for hydroxylation is 2. The fraction of sp³-hybridized carbons (Fsp3) is 0.263. The van der Waals surface area contributed by atoms with Crippen LogP contribution in [-0.4, -0.2) is 14.8 Å². The molecule has 2 heterocycles. The van der Waals surface area contributed by atoms with Crippen LogP contribution in [0.2, 0.25) is 0 Å². The zero-order chi connectivity index (χ0) is 17.1. The first-order valence-electron chi connectivity index (χ1n) is 8.12. The molecule has 3 aromatic rings. The molecule has 0 aliphatic carbocycles. The molecule has 0 saturated heterocycles. The molecule has 124 valence electrons. The lowest BCUT2D eigenvalue weighted by Crippen LogP contribution is -2.09. The Morgan fingerprint density at radius 3 is 2.50 bits per heavy atom. The minimum absolute atomic E-state index is 0.257. The van der Waals surface area contributed by atoms with Gasteiger partial charge in [0.05, 0.1) is 5.69 Å². The molecule has 0 unspecified atom stereocenters. The number of nitrogens with zero attached hydrogens (tertiary/aromatic N) is 3. The smallest absolute Gasteiger partial charge is 0.123 e. The van der Waals surface area contributed by atoms with Crippen LogP contribution >= 0.6 is 0 Å². The average molecular weight is 324 g/mol. The van der Waals surface area contributed by atoms with Gasteiger partial charge < -0.3 is 5.73 Å². The molecule has 1 aromatic carbocycles. The standard InChI is InChI=1S/C19H21FN4/c1-3-10-24-17(12-21)18(15-8-9-22-13(2)11-15)19(23-24)14-4-6-16(20)7-5-14/h4-9,11H,3,10,12,21H2,1-2H3. The lowest BCUT2D eigenvalue weighted by atomic mass is 9.99. The summed E-state index contributed by atoms with van der Waals surface area (Å²) in [6, 6.07) is 10.4. The number of benzene rings is 1. The van der Waals surface area contributed by atoms with Gasteiger partial charge in [0, 0.05) is 36.1 Å². The van der Waals surface area contributed by atoms with Crippen LogP contribution in [0.25, 0.3) is 22.4 Å². The molecular formula is C19H21FN4. The van der Waals surface area contributed by atoms with Gasteiger partial charge in [0.1, 0.15) is 11.5 Å². The molecule has 24 heavy (non-hydrogen) atoms. The molecule has 0 radical (unpaired) electrons. The van der Waals surface area contributed by atoms with E-state index in [-0.39, 0.29) is 5.82 Å². The van der Waals surface area contributed by atoms with Gasteiger partial charge in [-0.15, -0.1) is 0 Å². The highest BCUT2D eigenvalue weighted by molar-refractivity contribution is 5.82. The largest absolute Gasteiger partial charge is 0.325 e. The SMILES string of the molecule is CCCn1nc(-c2ccc(F)cc2)c(-c2ccnc(C)c2)c1CN. The lowest BCUT2D eigenvalue weighted by molar-refractivity contribution is 0.577. The van der Waals surface area contributed by atoms with Crippen molar-refractivity contribution in [2.45, 2.75) is 33.4 Å². The summed E-state index contributed by atoms with van der Waals surface area (Å²) in [6.45, 7) is 5.26. The Kier molecular flexibility index (Phi) is 4.71. The first kappa shape index (κ1) is 16.3. The van der Waals surface area contributed by atoms with Gasteiger partial charge in [0.25, 0.3) is 0 Å². The van der Waals surface area contributed by atoms with Crippen molar-refractivity contribution in [3.05, 3.63) is 59.8 Å². The van der Waals surface area contributed by atoms with Crippen molar-refractivity contribution in [3.63, 3.8) is 0 Å². The highest BCUT2D eigenvalue weighted by atomic mass is 19.1. The van der Waals surface area contributed by atoms with Crippen LogP contribution in [0.15, 0.2) is 42.6 Å². The Morgan fingerprint density at radius 2 is 1.88 bits per heavy atom. The van der Waals surface area contributed by atoms with Gasteiger partial charge in [0.2, 0.25) is 0 Å². The summed E-state index contributed by atoms with van der Waals surface area (Å²) in [5, 5.41) is 4.77. The van der Waals surface area contributed by atoms with E-state index in [4.69, 9.17) is 10.8 Å². The van der Waals surface area contributed by atoms with E-state index in [1.54, 1.807) is 18.3 Å². The maximum atomic E-state index is 13.3. The summed E-state index contributed by atoms with van der Waals surface area (Å²) >= 11 is 0. The maximum Gasteiger partial charge on any atom is 0.123 e. The summed E-state index contributed by atoms with van der Waals surface area (Å²) < 4.78 is 15.3. The first-order valence-corrected chi connectivity index (χ1v) is 8.12. The molecule has 2 aromatic heterocycles. The zero-order valence-corrected chi connectivity index (χ0v) is 14.0. The third kappa shape index (κ3) is 3.08. The molecule has 5 heteroatoms. The van der Waals surface area contributed by atoms with Crippen LogP contribution < -0.4 is 5.73 Å². The second kappa shape index (κ2) is 6.93. The summed E-state index contributed by atoms with van der Waals surface area (Å²) in [4.78, 5) is 4.27. The molecule has 0 aliphatic rings. The van der Waals surface area contributed by atoms with Gasteiger partial charge in [-0.2, -0.15) is 5.10 Å². The van der Waals surface area contributed by atoms with Gasteiger partial charge in [-0.1, -0.05) is 6.92 Å². The van der Waals surface area contributed by atoms with Gasteiger partial charge in [0.15, 0.2) is 0 Å². The normalized spacial score (nSPS) is 11.0. The number of hydrogen-bond acceptors (Lipinski definition) is 3. The highest BCUT2D eigenvalue weighted by Crippen LogP contribution is 2.34. The Hall–Kier alpha value is -2.53. The molecule has 0 fully saturated rings. The fourth-order valence-corrected chi connectivity index (χ4v) is 2.92. The van der Waals surface area contributed by atoms with Crippen LogP contribution in [-0.2, 0) is 13.1 Å². The van der Waals surface area contributed by atoms with Crippen molar-refractivity contribution in [1.82, 2.24) is 14.8 Å². The quantitative estimate of drug-likeness (QED) is 0.773. The highest BCUT2D eigenvalue weighted by Gasteiger charge is 2.19. The second-order valence-electron chi connectivity index (χ2n) is 5.79. The van der Waals surface area contributed by atoms with Crippen LogP contribution in [0.3, 0.4) is 0 Å². The van der Waals surface area contributed by atoms with Crippen molar-refractivity contribution >= 4 is 0 Å². The Balaban J connectivity index is 2.25. The van der Waals surface area contributed by atoms with Crippen molar-refractivity contribution in [3.8, 4) is 22.4 Å². The lowest BCUT2D eigenvalue weighted by Gasteiger charge is -2.08. The van der Waals surface area contributed by atoms with Gasteiger partial charge in [-0.25, -0.2) is 4.39 Å². The number of nitrogens with two attached hydrogens (primary N) is 1. The summed E-state index contributed by atoms with van der Waals surface area (Å²) in [5.74, 6) is -0.257. The van der Waals surface area contributed by atoms with E-state index in [1.165, 1.54) is 12.1 Å². The number of halogens is 1. The van der Waals surface area contributed by atoms with E-state index in [2.05, 4.69) is 11.9 Å². The molecule has 0 atom stereocenters. The predicted molar refractivity (Wildman–Crippen MR) is 93.8 cm³/mol. The van der Waals surface area contributed by atoms with Crippen LogP contribution in [0, 0.1) is 12.7 Å². The molecule has 2 N–H and O–H groups in total. The first-order chi connectivity index (χ1) is 11.6. The third-order valence-corrected chi connectivity index (χ3v) is 3.99. The van der Waals surface area contributed by atoms with E-state index >= 15 is 0 Å². The topological polar surface area (TPSA) is 56.7 Å². The van der Waals surface area contributed by atoms with Gasteiger partial charge >= 0.3 is 0 Å². The molecule has 3 rings (SSSR count). The summed E-state index contributed by atoms with van der Waals surface area (Å²) in [6.07, 6.45) is 2.75. The van der Waals surface area contributed by atoms with Crippen molar-refractivity contribution in [2.24, 2.45) is 5.73 Å². The van der Waals surface area contributed by atoms with Crippen LogP contribution in [0.1, 0.15) is 24.7 Å². The third-order valence-electron chi connectivity index (χ3n) is 3.99. The van der Waals surface area contributed by atoms with E-state index < -0.39 is 0 Å². The number of hydrogen-bond donors (Lipinski definition) is 1. The molecule has 0 bridgehead atoms. The van der Waals surface area contributed by atoms with Crippen molar-refractivity contribution in [2.75, 3.05) is 0 Å². The number of aromatic nitrogens is 3. The summed E-state index contributed by atoms with van der Waals surface area (Å²) in [5.41, 5.74) is 11.7. The summed E-state index contributed by atoms with van der Waals surface area (Å²) in [7, 11) is 0. The van der Waals surface area contributed by atoms with Gasteiger partial charge in [-0.05, 0) is 55.3 Å². The van der Waals surface area contributed by atoms with Gasteiger partial charge in [-0.3, -0.25) is 9.67 Å². The Bertz CT molecular complexity index is 837.